The van der Waals surface area contributed by atoms with Gasteiger partial charge in [-0.05, 0) is 30.5 Å². The smallest absolute Gasteiger partial charge is 0.178 e. The Hall–Kier alpha value is -1.07. The molecule has 0 saturated heterocycles. The average molecular weight is 241 g/mol. The van der Waals surface area contributed by atoms with Crippen molar-refractivity contribution in [1.29, 1.82) is 0 Å². The minimum atomic E-state index is -3.10. The average Bonchev–Trinajstić information content (AvgIpc) is 2.26. The molecule has 0 amide bonds. The molecule has 0 unspecified atom stereocenters. The van der Waals surface area contributed by atoms with Gasteiger partial charge in [0.1, 0.15) is 12.4 Å². The molecule has 1 aromatic rings. The van der Waals surface area contributed by atoms with Gasteiger partial charge in [0.2, 0.25) is 0 Å². The van der Waals surface area contributed by atoms with Gasteiger partial charge in [0.05, 0.1) is 10.6 Å². The Morgan fingerprint density at radius 3 is 2.94 bits per heavy atom. The molecule has 0 spiro atoms. The largest absolute Gasteiger partial charge is 0.492 e. The molecular formula is C11H15NO3S. The fourth-order valence-corrected chi connectivity index (χ4v) is 3.47. The van der Waals surface area contributed by atoms with Crippen molar-refractivity contribution in [2.24, 2.45) is 5.73 Å². The number of rotatable bonds is 3. The van der Waals surface area contributed by atoms with Crippen LogP contribution in [0.3, 0.4) is 0 Å². The van der Waals surface area contributed by atoms with Gasteiger partial charge in [-0.2, -0.15) is 0 Å². The number of benzene rings is 1. The second kappa shape index (κ2) is 4.43. The number of sulfone groups is 1. The lowest BCUT2D eigenvalue weighted by molar-refractivity contribution is 0.327. The fourth-order valence-electron chi connectivity index (χ4n) is 1.86. The van der Waals surface area contributed by atoms with Gasteiger partial charge in [0.25, 0.3) is 0 Å². The molecule has 1 aliphatic rings. The molecule has 16 heavy (non-hydrogen) atoms. The normalized spacial score (nSPS) is 17.8. The third-order valence-corrected chi connectivity index (χ3v) is 4.50. The Balaban J connectivity index is 2.36. The SMILES string of the molecule is NCCOc1ccc2c(c1)S(=O)(=O)CCC2. The number of nitrogens with two attached hydrogens (primary N) is 1. The van der Waals surface area contributed by atoms with Gasteiger partial charge in [-0.25, -0.2) is 8.42 Å². The van der Waals surface area contributed by atoms with Crippen LogP contribution in [0.2, 0.25) is 0 Å². The Morgan fingerprint density at radius 1 is 1.38 bits per heavy atom. The summed E-state index contributed by atoms with van der Waals surface area (Å²) in [5.41, 5.74) is 6.22. The highest BCUT2D eigenvalue weighted by Gasteiger charge is 2.23. The van der Waals surface area contributed by atoms with Crippen molar-refractivity contribution in [3.8, 4) is 5.75 Å². The van der Waals surface area contributed by atoms with Crippen molar-refractivity contribution < 1.29 is 13.2 Å². The zero-order chi connectivity index (χ0) is 11.6. The van der Waals surface area contributed by atoms with Crippen molar-refractivity contribution in [1.82, 2.24) is 0 Å². The molecule has 0 aromatic heterocycles. The minimum absolute atomic E-state index is 0.236. The van der Waals surface area contributed by atoms with E-state index in [0.29, 0.717) is 30.2 Å². The lowest BCUT2D eigenvalue weighted by Crippen LogP contribution is -2.16. The van der Waals surface area contributed by atoms with Crippen LogP contribution in [0.5, 0.6) is 5.75 Å². The van der Waals surface area contributed by atoms with Crippen LogP contribution >= 0.6 is 0 Å². The molecule has 0 aliphatic carbocycles. The Morgan fingerprint density at radius 2 is 2.19 bits per heavy atom. The monoisotopic (exact) mass is 241 g/mol. The molecule has 5 heteroatoms. The summed E-state index contributed by atoms with van der Waals surface area (Å²) < 4.78 is 29.0. The van der Waals surface area contributed by atoms with Crippen LogP contribution in [0.1, 0.15) is 12.0 Å². The number of hydrogen-bond acceptors (Lipinski definition) is 4. The first kappa shape index (κ1) is 11.4. The first-order chi connectivity index (χ1) is 7.63. The predicted octanol–water partition coefficient (Wildman–Crippen LogP) is 0.744. The number of hydrogen-bond donors (Lipinski definition) is 1. The highest BCUT2D eigenvalue weighted by molar-refractivity contribution is 7.91. The van der Waals surface area contributed by atoms with E-state index in [1.54, 1.807) is 12.1 Å². The van der Waals surface area contributed by atoms with Crippen LogP contribution in [-0.2, 0) is 16.3 Å². The summed E-state index contributed by atoms with van der Waals surface area (Å²) in [7, 11) is -3.10. The maximum Gasteiger partial charge on any atom is 0.178 e. The van der Waals surface area contributed by atoms with Gasteiger partial charge in [-0.15, -0.1) is 0 Å². The summed E-state index contributed by atoms with van der Waals surface area (Å²) >= 11 is 0. The highest BCUT2D eigenvalue weighted by Crippen LogP contribution is 2.28. The third-order valence-electron chi connectivity index (χ3n) is 2.62. The van der Waals surface area contributed by atoms with Gasteiger partial charge in [0.15, 0.2) is 9.84 Å². The Kier molecular flexibility index (Phi) is 3.16. The van der Waals surface area contributed by atoms with E-state index in [0.717, 1.165) is 12.0 Å². The highest BCUT2D eigenvalue weighted by atomic mass is 32.2. The van der Waals surface area contributed by atoms with Gasteiger partial charge in [-0.1, -0.05) is 6.07 Å². The van der Waals surface area contributed by atoms with Crippen LogP contribution in [0, 0.1) is 0 Å². The van der Waals surface area contributed by atoms with E-state index in [1.165, 1.54) is 0 Å². The van der Waals surface area contributed by atoms with Gasteiger partial charge in [0, 0.05) is 6.54 Å². The van der Waals surface area contributed by atoms with Crippen molar-refractivity contribution in [3.05, 3.63) is 23.8 Å². The molecule has 2 rings (SSSR count). The molecule has 1 aromatic carbocycles. The quantitative estimate of drug-likeness (QED) is 0.847. The summed E-state index contributed by atoms with van der Waals surface area (Å²) in [4.78, 5) is 0.424. The summed E-state index contributed by atoms with van der Waals surface area (Å²) in [6.45, 7) is 0.822. The summed E-state index contributed by atoms with van der Waals surface area (Å²) in [5, 5.41) is 0. The van der Waals surface area contributed by atoms with E-state index < -0.39 is 9.84 Å². The zero-order valence-electron chi connectivity index (χ0n) is 8.98. The van der Waals surface area contributed by atoms with Gasteiger partial charge < -0.3 is 10.5 Å². The van der Waals surface area contributed by atoms with E-state index in [1.807, 2.05) is 6.07 Å². The first-order valence-corrected chi connectivity index (χ1v) is 6.97. The molecule has 88 valence electrons. The van der Waals surface area contributed by atoms with E-state index >= 15 is 0 Å². The maximum atomic E-state index is 11.8. The molecule has 1 heterocycles. The van der Waals surface area contributed by atoms with Crippen molar-refractivity contribution in [3.63, 3.8) is 0 Å². The van der Waals surface area contributed by atoms with E-state index in [-0.39, 0.29) is 5.75 Å². The molecule has 0 atom stereocenters. The molecule has 0 bridgehead atoms. The standard InChI is InChI=1S/C11H15NO3S/c12-5-6-15-10-4-3-9-2-1-7-16(13,14)11(9)8-10/h3-4,8H,1-2,5-7,12H2. The lowest BCUT2D eigenvalue weighted by Gasteiger charge is -2.17. The topological polar surface area (TPSA) is 69.4 Å². The fraction of sp³-hybridized carbons (Fsp3) is 0.455. The molecule has 0 saturated carbocycles. The van der Waals surface area contributed by atoms with E-state index in [4.69, 9.17) is 10.5 Å². The Labute approximate surface area is 95.3 Å². The molecule has 4 nitrogen and oxygen atoms in total. The van der Waals surface area contributed by atoms with E-state index in [9.17, 15) is 8.42 Å². The molecule has 0 radical (unpaired) electrons. The van der Waals surface area contributed by atoms with Crippen LogP contribution in [0.4, 0.5) is 0 Å². The second-order valence-corrected chi connectivity index (χ2v) is 5.91. The van der Waals surface area contributed by atoms with Crippen molar-refractivity contribution in [2.45, 2.75) is 17.7 Å². The summed E-state index contributed by atoms with van der Waals surface area (Å²) in [6.07, 6.45) is 1.53. The van der Waals surface area contributed by atoms with E-state index in [2.05, 4.69) is 0 Å². The molecular weight excluding hydrogens is 226 g/mol. The number of fused-ring (bicyclic) bond motifs is 1. The van der Waals surface area contributed by atoms with Crippen LogP contribution in [0.25, 0.3) is 0 Å². The molecule has 0 fully saturated rings. The van der Waals surface area contributed by atoms with Crippen LogP contribution < -0.4 is 10.5 Å². The maximum absolute atomic E-state index is 11.8. The number of aryl methyl sites for hydroxylation is 1. The predicted molar refractivity (Wildman–Crippen MR) is 61.4 cm³/mol. The second-order valence-electron chi connectivity index (χ2n) is 3.83. The van der Waals surface area contributed by atoms with Crippen LogP contribution in [-0.4, -0.2) is 27.3 Å². The van der Waals surface area contributed by atoms with Gasteiger partial charge >= 0.3 is 0 Å². The van der Waals surface area contributed by atoms with Crippen molar-refractivity contribution >= 4 is 9.84 Å². The zero-order valence-corrected chi connectivity index (χ0v) is 9.79. The van der Waals surface area contributed by atoms with Gasteiger partial charge in [-0.3, -0.25) is 0 Å². The third kappa shape index (κ3) is 2.20. The summed E-state index contributed by atoms with van der Waals surface area (Å²) in [6, 6.07) is 5.24. The minimum Gasteiger partial charge on any atom is -0.492 e. The van der Waals surface area contributed by atoms with Crippen LogP contribution in [0.15, 0.2) is 23.1 Å². The molecule has 2 N–H and O–H groups in total. The molecule has 1 aliphatic heterocycles. The summed E-state index contributed by atoms with van der Waals surface area (Å²) in [5.74, 6) is 0.815. The van der Waals surface area contributed by atoms with Crippen molar-refractivity contribution in [2.75, 3.05) is 18.9 Å². The first-order valence-electron chi connectivity index (χ1n) is 5.32. The number of ether oxygens (including phenoxy) is 1. The lowest BCUT2D eigenvalue weighted by atomic mass is 10.1. The Bertz CT molecular complexity index is 482.